The lowest BCUT2D eigenvalue weighted by molar-refractivity contribution is 0.0268. The van der Waals surface area contributed by atoms with Gasteiger partial charge in [0.05, 0.1) is 12.1 Å². The van der Waals surface area contributed by atoms with Crippen LogP contribution in [0.15, 0.2) is 24.3 Å². The molecule has 0 saturated heterocycles. The SMILES string of the molecule is CCCc1ccc(C(=O)N(C)[C@@H]2CCCC[C@H]2O)cc1. The Kier molecular flexibility index (Phi) is 5.18. The molecule has 0 aromatic heterocycles. The predicted octanol–water partition coefficient (Wildman–Crippen LogP) is 3.01. The highest BCUT2D eigenvalue weighted by atomic mass is 16.3. The lowest BCUT2D eigenvalue weighted by Gasteiger charge is -2.35. The average Bonchev–Trinajstić information content (AvgIpc) is 2.47. The van der Waals surface area contributed by atoms with E-state index in [9.17, 15) is 9.90 Å². The van der Waals surface area contributed by atoms with Gasteiger partial charge in [0.2, 0.25) is 0 Å². The molecule has 3 nitrogen and oxygen atoms in total. The Morgan fingerprint density at radius 3 is 2.50 bits per heavy atom. The molecule has 3 heteroatoms. The van der Waals surface area contributed by atoms with Gasteiger partial charge >= 0.3 is 0 Å². The van der Waals surface area contributed by atoms with Crippen molar-refractivity contribution in [2.75, 3.05) is 7.05 Å². The van der Waals surface area contributed by atoms with Crippen LogP contribution < -0.4 is 0 Å². The molecule has 0 spiro atoms. The van der Waals surface area contributed by atoms with Gasteiger partial charge in [0.1, 0.15) is 0 Å². The molecule has 2 rings (SSSR count). The molecule has 1 amide bonds. The lowest BCUT2D eigenvalue weighted by atomic mass is 9.91. The van der Waals surface area contributed by atoms with Gasteiger partial charge in [-0.1, -0.05) is 38.3 Å². The van der Waals surface area contributed by atoms with Gasteiger partial charge in [0.25, 0.3) is 5.91 Å². The van der Waals surface area contributed by atoms with E-state index in [2.05, 4.69) is 6.92 Å². The number of benzene rings is 1. The van der Waals surface area contributed by atoms with Gasteiger partial charge in [-0.2, -0.15) is 0 Å². The number of carbonyl (C=O) groups is 1. The van der Waals surface area contributed by atoms with Crippen LogP contribution in [0.25, 0.3) is 0 Å². The number of aliphatic hydroxyl groups excluding tert-OH is 1. The molecule has 0 bridgehead atoms. The second-order valence-electron chi connectivity index (χ2n) is 5.78. The summed E-state index contributed by atoms with van der Waals surface area (Å²) < 4.78 is 0. The minimum atomic E-state index is -0.378. The van der Waals surface area contributed by atoms with Crippen LogP contribution in [0.5, 0.6) is 0 Å². The molecule has 110 valence electrons. The highest BCUT2D eigenvalue weighted by Gasteiger charge is 2.29. The molecule has 0 aliphatic heterocycles. The quantitative estimate of drug-likeness (QED) is 0.917. The van der Waals surface area contributed by atoms with Crippen molar-refractivity contribution in [3.05, 3.63) is 35.4 Å². The first-order valence-electron chi connectivity index (χ1n) is 7.67. The summed E-state index contributed by atoms with van der Waals surface area (Å²) in [6.07, 6.45) is 5.64. The molecule has 0 heterocycles. The summed E-state index contributed by atoms with van der Waals surface area (Å²) in [7, 11) is 1.81. The van der Waals surface area contributed by atoms with E-state index in [1.165, 1.54) is 5.56 Å². The maximum absolute atomic E-state index is 12.5. The van der Waals surface area contributed by atoms with Crippen LogP contribution >= 0.6 is 0 Å². The summed E-state index contributed by atoms with van der Waals surface area (Å²) in [5, 5.41) is 10.1. The zero-order valence-corrected chi connectivity index (χ0v) is 12.5. The molecule has 0 unspecified atom stereocenters. The van der Waals surface area contributed by atoms with Crippen molar-refractivity contribution in [1.82, 2.24) is 4.90 Å². The monoisotopic (exact) mass is 275 g/mol. The number of hydrogen-bond acceptors (Lipinski definition) is 2. The Morgan fingerprint density at radius 2 is 1.90 bits per heavy atom. The van der Waals surface area contributed by atoms with E-state index in [0.29, 0.717) is 5.56 Å². The first-order valence-corrected chi connectivity index (χ1v) is 7.67. The van der Waals surface area contributed by atoms with Crippen LogP contribution in [0, 0.1) is 0 Å². The van der Waals surface area contributed by atoms with Crippen LogP contribution in [0.1, 0.15) is 54.9 Å². The summed E-state index contributed by atoms with van der Waals surface area (Å²) >= 11 is 0. The van der Waals surface area contributed by atoms with E-state index in [1.807, 2.05) is 31.3 Å². The Morgan fingerprint density at radius 1 is 1.25 bits per heavy atom. The number of hydrogen-bond donors (Lipinski definition) is 1. The molecule has 1 aliphatic carbocycles. The maximum atomic E-state index is 12.5. The van der Waals surface area contributed by atoms with E-state index in [0.717, 1.165) is 38.5 Å². The number of aliphatic hydroxyl groups is 1. The van der Waals surface area contributed by atoms with Crippen molar-refractivity contribution in [2.45, 2.75) is 57.6 Å². The number of nitrogens with zero attached hydrogens (tertiary/aromatic N) is 1. The van der Waals surface area contributed by atoms with Crippen molar-refractivity contribution in [3.63, 3.8) is 0 Å². The molecule has 1 aliphatic rings. The van der Waals surface area contributed by atoms with Gasteiger partial charge in [-0.3, -0.25) is 4.79 Å². The minimum absolute atomic E-state index is 0.0130. The molecule has 0 radical (unpaired) electrons. The third-order valence-electron chi connectivity index (χ3n) is 4.25. The Labute approximate surface area is 121 Å². The van der Waals surface area contributed by atoms with Crippen molar-refractivity contribution in [3.8, 4) is 0 Å². The Hall–Kier alpha value is -1.35. The molecule has 1 aromatic rings. The van der Waals surface area contributed by atoms with Gasteiger partial charge in [0, 0.05) is 12.6 Å². The maximum Gasteiger partial charge on any atom is 0.253 e. The number of likely N-dealkylation sites (N-methyl/N-ethyl adjacent to an activating group) is 1. The Balaban J connectivity index is 2.05. The first kappa shape index (κ1) is 15.0. The molecule has 20 heavy (non-hydrogen) atoms. The van der Waals surface area contributed by atoms with Crippen LogP contribution in [-0.4, -0.2) is 35.1 Å². The molecule has 1 aromatic carbocycles. The van der Waals surface area contributed by atoms with E-state index in [1.54, 1.807) is 4.90 Å². The van der Waals surface area contributed by atoms with Gasteiger partial charge in [-0.25, -0.2) is 0 Å². The predicted molar refractivity (Wildman–Crippen MR) is 80.8 cm³/mol. The average molecular weight is 275 g/mol. The highest BCUT2D eigenvalue weighted by Crippen LogP contribution is 2.23. The molecule has 1 saturated carbocycles. The summed E-state index contributed by atoms with van der Waals surface area (Å²) in [5.41, 5.74) is 1.98. The standard InChI is InChI=1S/C17H25NO2/c1-3-6-13-9-11-14(12-10-13)17(20)18(2)15-7-4-5-8-16(15)19/h9-12,15-16,19H,3-8H2,1-2H3/t15-,16-/m1/s1. The zero-order valence-electron chi connectivity index (χ0n) is 12.5. The van der Waals surface area contributed by atoms with Crippen molar-refractivity contribution in [1.29, 1.82) is 0 Å². The number of aryl methyl sites for hydroxylation is 1. The number of carbonyl (C=O) groups excluding carboxylic acids is 1. The summed E-state index contributed by atoms with van der Waals surface area (Å²) in [6, 6.07) is 7.83. The van der Waals surface area contributed by atoms with Crippen LogP contribution in [-0.2, 0) is 6.42 Å². The van der Waals surface area contributed by atoms with Crippen molar-refractivity contribution in [2.24, 2.45) is 0 Å². The molecular weight excluding hydrogens is 250 g/mol. The minimum Gasteiger partial charge on any atom is -0.391 e. The zero-order chi connectivity index (χ0) is 14.5. The normalized spacial score (nSPS) is 22.6. The van der Waals surface area contributed by atoms with Gasteiger partial charge in [-0.15, -0.1) is 0 Å². The molecular formula is C17H25NO2. The van der Waals surface area contributed by atoms with Crippen LogP contribution in [0.4, 0.5) is 0 Å². The number of rotatable bonds is 4. The lowest BCUT2D eigenvalue weighted by Crippen LogP contribution is -2.46. The molecule has 1 N–H and O–H groups in total. The largest absolute Gasteiger partial charge is 0.391 e. The number of amides is 1. The Bertz CT molecular complexity index is 441. The molecule has 2 atom stereocenters. The van der Waals surface area contributed by atoms with E-state index in [-0.39, 0.29) is 18.1 Å². The van der Waals surface area contributed by atoms with Crippen LogP contribution in [0.3, 0.4) is 0 Å². The van der Waals surface area contributed by atoms with Crippen molar-refractivity contribution < 1.29 is 9.90 Å². The van der Waals surface area contributed by atoms with Crippen molar-refractivity contribution >= 4 is 5.91 Å². The third kappa shape index (κ3) is 3.40. The molecule has 1 fully saturated rings. The fourth-order valence-electron chi connectivity index (χ4n) is 3.00. The second kappa shape index (κ2) is 6.89. The van der Waals surface area contributed by atoms with E-state index < -0.39 is 0 Å². The summed E-state index contributed by atoms with van der Waals surface area (Å²) in [6.45, 7) is 2.15. The third-order valence-corrected chi connectivity index (χ3v) is 4.25. The highest BCUT2D eigenvalue weighted by molar-refractivity contribution is 5.94. The second-order valence-corrected chi connectivity index (χ2v) is 5.78. The fourth-order valence-corrected chi connectivity index (χ4v) is 3.00. The smallest absolute Gasteiger partial charge is 0.253 e. The van der Waals surface area contributed by atoms with Gasteiger partial charge in [0.15, 0.2) is 0 Å². The summed E-state index contributed by atoms with van der Waals surface area (Å²) in [4.78, 5) is 14.2. The topological polar surface area (TPSA) is 40.5 Å². The van der Waals surface area contributed by atoms with E-state index in [4.69, 9.17) is 0 Å². The first-order chi connectivity index (χ1) is 9.63. The van der Waals surface area contributed by atoms with Gasteiger partial charge in [-0.05, 0) is 37.0 Å². The van der Waals surface area contributed by atoms with E-state index >= 15 is 0 Å². The fraction of sp³-hybridized carbons (Fsp3) is 0.588. The van der Waals surface area contributed by atoms with Gasteiger partial charge < -0.3 is 10.0 Å². The summed E-state index contributed by atoms with van der Waals surface area (Å²) in [5.74, 6) is 0.0130. The van der Waals surface area contributed by atoms with Crippen LogP contribution in [0.2, 0.25) is 0 Å².